The molecule has 1 atom stereocenters. The zero-order valence-electron chi connectivity index (χ0n) is 24.3. The lowest BCUT2D eigenvalue weighted by Crippen LogP contribution is -2.52. The quantitative estimate of drug-likeness (QED) is 0.327. The Kier molecular flexibility index (Phi) is 7.42. The largest absolute Gasteiger partial charge is 0.463 e. The molecule has 2 aliphatic rings. The maximum Gasteiger partial charge on any atom is 0.434 e. The van der Waals surface area contributed by atoms with Crippen molar-refractivity contribution >= 4 is 31.9 Å². The van der Waals surface area contributed by atoms with Crippen LogP contribution < -0.4 is 10.6 Å². The Labute approximate surface area is 234 Å². The minimum Gasteiger partial charge on any atom is -0.463 e. The van der Waals surface area contributed by atoms with Gasteiger partial charge in [-0.05, 0) is 46.6 Å². The van der Waals surface area contributed by atoms with Gasteiger partial charge in [0.25, 0.3) is 0 Å². The Morgan fingerprint density at radius 1 is 1.18 bits per heavy atom. The highest BCUT2D eigenvalue weighted by molar-refractivity contribution is 6.83. The first-order valence-electron chi connectivity index (χ1n) is 13.6. The number of halogens is 1. The third-order valence-corrected chi connectivity index (χ3v) is 12.2. The van der Waals surface area contributed by atoms with E-state index in [4.69, 9.17) is 0 Å². The van der Waals surface area contributed by atoms with Crippen LogP contribution in [0.25, 0.3) is 0 Å². The molecule has 0 spiro atoms. The van der Waals surface area contributed by atoms with Crippen LogP contribution >= 0.6 is 0 Å². The van der Waals surface area contributed by atoms with Gasteiger partial charge in [0, 0.05) is 22.6 Å². The number of hydrogen-bond acceptors (Lipinski definition) is 5. The van der Waals surface area contributed by atoms with Crippen molar-refractivity contribution in [1.82, 2.24) is 20.0 Å². The number of aromatic nitrogens is 2. The van der Waals surface area contributed by atoms with E-state index < -0.39 is 48.2 Å². The van der Waals surface area contributed by atoms with Crippen molar-refractivity contribution in [1.29, 1.82) is 0 Å². The normalized spacial score (nSPS) is 18.5. The molecule has 218 valence electrons. The molecule has 0 saturated heterocycles. The molecular formula is C28H40FN5O5Si. The van der Waals surface area contributed by atoms with E-state index in [9.17, 15) is 29.0 Å². The Morgan fingerprint density at radius 3 is 2.30 bits per heavy atom. The summed E-state index contributed by atoms with van der Waals surface area (Å²) in [6.45, 7) is 13.1. The van der Waals surface area contributed by atoms with Crippen molar-refractivity contribution < 1.29 is 29.0 Å². The van der Waals surface area contributed by atoms with E-state index in [-0.39, 0.29) is 30.3 Å². The molecule has 2 heterocycles. The molecule has 1 unspecified atom stereocenters. The fourth-order valence-electron chi connectivity index (χ4n) is 5.97. The predicted octanol–water partition coefficient (Wildman–Crippen LogP) is 5.41. The van der Waals surface area contributed by atoms with Crippen LogP contribution in [0.1, 0.15) is 76.2 Å². The molecule has 10 nitrogen and oxygen atoms in total. The van der Waals surface area contributed by atoms with E-state index >= 15 is 0 Å². The third-order valence-electron chi connectivity index (χ3n) is 8.57. The molecule has 4 N–H and O–H groups in total. The maximum atomic E-state index is 14.7. The van der Waals surface area contributed by atoms with E-state index in [1.807, 2.05) is 0 Å². The van der Waals surface area contributed by atoms with Gasteiger partial charge in [-0.2, -0.15) is 5.10 Å². The number of amides is 3. The van der Waals surface area contributed by atoms with Crippen molar-refractivity contribution in [3.8, 4) is 0 Å². The first-order chi connectivity index (χ1) is 18.4. The Morgan fingerprint density at radius 2 is 1.80 bits per heavy atom. The summed E-state index contributed by atoms with van der Waals surface area (Å²) in [6, 6.07) is 4.72. The lowest BCUT2D eigenvalue weighted by molar-refractivity contribution is -0.121. The van der Waals surface area contributed by atoms with Gasteiger partial charge in [-0.15, -0.1) is 4.68 Å². The Balaban J connectivity index is 1.66. The molecule has 40 heavy (non-hydrogen) atoms. The molecule has 1 aromatic heterocycles. The summed E-state index contributed by atoms with van der Waals surface area (Å²) in [5.74, 6) is -0.646. The highest BCUT2D eigenvalue weighted by Gasteiger charge is 2.54. The average molecular weight is 574 g/mol. The molecule has 1 aliphatic heterocycles. The molecule has 0 bridgehead atoms. The summed E-state index contributed by atoms with van der Waals surface area (Å²) in [5, 5.41) is 30.0. The lowest BCUT2D eigenvalue weighted by atomic mass is 9.83. The number of benzene rings is 1. The van der Waals surface area contributed by atoms with Crippen LogP contribution in [0.3, 0.4) is 0 Å². The molecule has 3 amide bonds. The summed E-state index contributed by atoms with van der Waals surface area (Å²) < 4.78 is 15.5. The van der Waals surface area contributed by atoms with Crippen LogP contribution in [0.15, 0.2) is 24.3 Å². The minimum atomic E-state index is -1.94. The van der Waals surface area contributed by atoms with Crippen LogP contribution in [0.4, 0.5) is 19.8 Å². The van der Waals surface area contributed by atoms with Gasteiger partial charge in [-0.25, -0.2) is 14.0 Å². The minimum absolute atomic E-state index is 0.0104. The molecule has 1 saturated carbocycles. The smallest absolute Gasteiger partial charge is 0.434 e. The van der Waals surface area contributed by atoms with Crippen LogP contribution in [-0.4, -0.2) is 56.6 Å². The van der Waals surface area contributed by atoms with E-state index in [0.717, 1.165) is 23.9 Å². The second kappa shape index (κ2) is 9.98. The van der Waals surface area contributed by atoms with Gasteiger partial charge < -0.3 is 25.7 Å². The number of fused-ring (bicyclic) bond motifs is 1. The number of urea groups is 1. The van der Waals surface area contributed by atoms with Crippen molar-refractivity contribution in [3.63, 3.8) is 0 Å². The van der Waals surface area contributed by atoms with Gasteiger partial charge in [-0.1, -0.05) is 44.3 Å². The highest BCUT2D eigenvalue weighted by atomic mass is 28.3. The number of aliphatic hydroxyl groups is 1. The van der Waals surface area contributed by atoms with E-state index in [1.165, 1.54) is 11.0 Å². The van der Waals surface area contributed by atoms with Crippen LogP contribution in [0.5, 0.6) is 0 Å². The van der Waals surface area contributed by atoms with Crippen molar-refractivity contribution in [3.05, 3.63) is 46.9 Å². The number of anilines is 1. The molecule has 2 aromatic rings. The van der Waals surface area contributed by atoms with E-state index in [2.05, 4.69) is 35.4 Å². The summed E-state index contributed by atoms with van der Waals surface area (Å²) in [5.41, 5.74) is -1.18. The second-order valence-electron chi connectivity index (χ2n) is 13.2. The molecule has 12 heteroatoms. The SMILES string of the molecule is CC(C)(O)CC(NC(=O)N1Cc2c(nn(C(=O)O)c2NC(=O)C2([Si](C)(C)C)CCC2)C1(C)C)c1ccccc1F. The first kappa shape index (κ1) is 29.7. The zero-order valence-corrected chi connectivity index (χ0v) is 25.3. The third kappa shape index (κ3) is 5.14. The average Bonchev–Trinajstić information content (AvgIpc) is 3.25. The van der Waals surface area contributed by atoms with Gasteiger partial charge in [0.1, 0.15) is 11.6 Å². The predicted molar refractivity (Wildman–Crippen MR) is 151 cm³/mol. The van der Waals surface area contributed by atoms with Crippen molar-refractivity contribution in [2.45, 2.75) is 102 Å². The number of nitrogens with zero attached hydrogens (tertiary/aromatic N) is 3. The molecular weight excluding hydrogens is 533 g/mol. The number of carbonyl (C=O) groups is 3. The summed E-state index contributed by atoms with van der Waals surface area (Å²) >= 11 is 0. The number of nitrogens with one attached hydrogen (secondary N) is 2. The maximum absolute atomic E-state index is 14.7. The monoisotopic (exact) mass is 573 g/mol. The van der Waals surface area contributed by atoms with E-state index in [1.54, 1.807) is 45.9 Å². The first-order valence-corrected chi connectivity index (χ1v) is 17.1. The highest BCUT2D eigenvalue weighted by Crippen LogP contribution is 2.56. The second-order valence-corrected chi connectivity index (χ2v) is 18.7. The number of hydrogen-bond donors (Lipinski definition) is 4. The molecule has 1 aromatic carbocycles. The Bertz CT molecular complexity index is 1340. The molecule has 1 aliphatic carbocycles. The van der Waals surface area contributed by atoms with Crippen molar-refractivity contribution in [2.75, 3.05) is 5.32 Å². The summed E-state index contributed by atoms with van der Waals surface area (Å²) in [7, 11) is -1.94. The van der Waals surface area contributed by atoms with Crippen molar-refractivity contribution in [2.24, 2.45) is 0 Å². The summed E-state index contributed by atoms with van der Waals surface area (Å²) in [4.78, 5) is 40.9. The number of rotatable bonds is 7. The fraction of sp³-hybridized carbons (Fsp3) is 0.571. The fourth-order valence-corrected chi connectivity index (χ4v) is 8.56. The van der Waals surface area contributed by atoms with Gasteiger partial charge in [-0.3, -0.25) is 4.79 Å². The molecule has 4 rings (SSSR count). The van der Waals surface area contributed by atoms with Gasteiger partial charge in [0.2, 0.25) is 5.91 Å². The van der Waals surface area contributed by atoms with Crippen LogP contribution in [0.2, 0.25) is 24.7 Å². The Hall–Kier alpha value is -3.25. The zero-order chi connectivity index (χ0) is 29.8. The summed E-state index contributed by atoms with van der Waals surface area (Å²) in [6.07, 6.45) is 1.19. The molecule has 1 fully saturated rings. The topological polar surface area (TPSA) is 137 Å². The van der Waals surface area contributed by atoms with Crippen LogP contribution in [-0.2, 0) is 16.9 Å². The molecule has 0 radical (unpaired) electrons. The van der Waals surface area contributed by atoms with Gasteiger partial charge >= 0.3 is 12.1 Å². The van der Waals surface area contributed by atoms with E-state index in [0.29, 0.717) is 11.3 Å². The van der Waals surface area contributed by atoms with Crippen LogP contribution in [0, 0.1) is 5.82 Å². The number of carboxylic acid groups (broad SMARTS) is 1. The van der Waals surface area contributed by atoms with Gasteiger partial charge in [0.15, 0.2) is 0 Å². The number of carbonyl (C=O) groups excluding carboxylic acids is 2. The standard InChI is InChI=1S/C28H40FN5O5Si/c1-26(2,39)15-20(17-11-8-9-12-19(17)29)30-24(36)33-16-18-21(27(33,3)4)32-34(25(37)38)22(18)31-23(35)28(13-10-14-28)40(5,6)7/h8-9,11-12,20,39H,10,13-16H2,1-7H3,(H,30,36)(H,31,35)(H,37,38). The van der Waals surface area contributed by atoms with Gasteiger partial charge in [0.05, 0.1) is 37.5 Å². The lowest BCUT2D eigenvalue weighted by Gasteiger charge is -2.48.